The number of rotatable bonds is 3. The molecule has 0 radical (unpaired) electrons. The van der Waals surface area contributed by atoms with E-state index < -0.39 is 11.5 Å². The van der Waals surface area contributed by atoms with Crippen molar-refractivity contribution in [2.45, 2.75) is 52.9 Å². The van der Waals surface area contributed by atoms with Crippen LogP contribution in [0.3, 0.4) is 0 Å². The number of ether oxygens (including phenoxy) is 1. The SMILES string of the molecule is C=C1CCCC2=C1[C@H](C)C[C@H](C)[C@@]2(C)CC1=C(O)C(=O)C=C(OC)C1=O. The Morgan fingerprint density at radius 2 is 2.00 bits per heavy atom. The molecule has 0 fully saturated rings. The quantitative estimate of drug-likeness (QED) is 0.751. The molecule has 0 aromatic carbocycles. The molecular formula is C22H28O4. The molecule has 1 N–H and O–H groups in total. The van der Waals surface area contributed by atoms with E-state index in [0.29, 0.717) is 18.3 Å². The van der Waals surface area contributed by atoms with Crippen LogP contribution in [0, 0.1) is 17.3 Å². The molecule has 0 heterocycles. The molecule has 3 rings (SSSR count). The van der Waals surface area contributed by atoms with Crippen LogP contribution in [-0.4, -0.2) is 23.8 Å². The molecule has 0 spiro atoms. The zero-order valence-electron chi connectivity index (χ0n) is 16.1. The highest BCUT2D eigenvalue weighted by molar-refractivity contribution is 6.20. The van der Waals surface area contributed by atoms with Crippen LogP contribution < -0.4 is 0 Å². The molecule has 0 aliphatic heterocycles. The lowest BCUT2D eigenvalue weighted by Crippen LogP contribution is -2.38. The number of aliphatic hydroxyl groups is 1. The summed E-state index contributed by atoms with van der Waals surface area (Å²) in [6, 6.07) is 0. The number of methoxy groups -OCH3 is 1. The molecule has 0 saturated carbocycles. The van der Waals surface area contributed by atoms with Crippen molar-refractivity contribution in [3.05, 3.63) is 46.5 Å². The van der Waals surface area contributed by atoms with Crippen LogP contribution in [0.2, 0.25) is 0 Å². The number of allylic oxidation sites excluding steroid dienone is 5. The van der Waals surface area contributed by atoms with Gasteiger partial charge in [-0.2, -0.15) is 0 Å². The predicted octanol–water partition coefficient (Wildman–Crippen LogP) is 4.59. The molecule has 0 bridgehead atoms. The van der Waals surface area contributed by atoms with E-state index in [4.69, 9.17) is 4.74 Å². The lowest BCUT2D eigenvalue weighted by atomic mass is 9.56. The van der Waals surface area contributed by atoms with Gasteiger partial charge in [-0.05, 0) is 54.9 Å². The van der Waals surface area contributed by atoms with Crippen molar-refractivity contribution in [3.8, 4) is 0 Å². The average molecular weight is 356 g/mol. The molecule has 0 aromatic rings. The van der Waals surface area contributed by atoms with E-state index in [-0.39, 0.29) is 22.5 Å². The van der Waals surface area contributed by atoms with Crippen LogP contribution >= 0.6 is 0 Å². The third kappa shape index (κ3) is 2.76. The summed E-state index contributed by atoms with van der Waals surface area (Å²) >= 11 is 0. The molecule has 3 aliphatic carbocycles. The maximum Gasteiger partial charge on any atom is 0.227 e. The zero-order chi connectivity index (χ0) is 19.2. The van der Waals surface area contributed by atoms with Gasteiger partial charge in [-0.1, -0.05) is 38.5 Å². The fourth-order valence-corrected chi connectivity index (χ4v) is 5.03. The minimum absolute atomic E-state index is 0.00508. The minimum atomic E-state index is -0.556. The molecule has 3 aliphatic rings. The second kappa shape index (κ2) is 6.57. The topological polar surface area (TPSA) is 63.6 Å². The Morgan fingerprint density at radius 1 is 1.31 bits per heavy atom. The van der Waals surface area contributed by atoms with Gasteiger partial charge in [0.15, 0.2) is 11.5 Å². The number of hydrogen-bond acceptors (Lipinski definition) is 4. The maximum atomic E-state index is 12.7. The van der Waals surface area contributed by atoms with Crippen molar-refractivity contribution < 1.29 is 19.4 Å². The molecule has 0 unspecified atom stereocenters. The smallest absolute Gasteiger partial charge is 0.227 e. The van der Waals surface area contributed by atoms with Gasteiger partial charge in [0.05, 0.1) is 12.7 Å². The lowest BCUT2D eigenvalue weighted by molar-refractivity contribution is -0.120. The van der Waals surface area contributed by atoms with Crippen molar-refractivity contribution in [1.82, 2.24) is 0 Å². The number of aliphatic hydroxyl groups excluding tert-OH is 1. The first-order valence-electron chi connectivity index (χ1n) is 9.39. The summed E-state index contributed by atoms with van der Waals surface area (Å²) in [5.41, 5.74) is 3.82. The third-order valence-corrected chi connectivity index (χ3v) is 6.63. The van der Waals surface area contributed by atoms with Gasteiger partial charge in [-0.25, -0.2) is 0 Å². The molecule has 26 heavy (non-hydrogen) atoms. The van der Waals surface area contributed by atoms with E-state index in [1.165, 1.54) is 23.8 Å². The second-order valence-corrected chi connectivity index (χ2v) is 8.21. The monoisotopic (exact) mass is 356 g/mol. The first kappa shape index (κ1) is 18.7. The van der Waals surface area contributed by atoms with Crippen molar-refractivity contribution in [1.29, 1.82) is 0 Å². The van der Waals surface area contributed by atoms with E-state index >= 15 is 0 Å². The number of ketones is 2. The average Bonchev–Trinajstić information content (AvgIpc) is 2.60. The van der Waals surface area contributed by atoms with Crippen LogP contribution in [0.1, 0.15) is 52.9 Å². The summed E-state index contributed by atoms with van der Waals surface area (Å²) in [5, 5.41) is 10.3. The van der Waals surface area contributed by atoms with Crippen molar-refractivity contribution in [3.63, 3.8) is 0 Å². The highest BCUT2D eigenvalue weighted by Gasteiger charge is 2.46. The molecule has 4 heteroatoms. The number of carbonyl (C=O) groups is 2. The molecule has 140 valence electrons. The van der Waals surface area contributed by atoms with Gasteiger partial charge in [0.2, 0.25) is 11.6 Å². The molecule has 0 amide bonds. The standard InChI is InChI=1S/C22H28O4/c1-12-7-6-8-16-19(12)13(2)9-14(3)22(16,4)11-15-20(24)17(23)10-18(26-5)21(15)25/h10,13-14,24H,1,6-9,11H2,2-5H3/t13-,14+,22-/m1/s1. The predicted molar refractivity (Wildman–Crippen MR) is 100 cm³/mol. The highest BCUT2D eigenvalue weighted by Crippen LogP contribution is 2.55. The van der Waals surface area contributed by atoms with Gasteiger partial charge in [0.25, 0.3) is 0 Å². The first-order valence-corrected chi connectivity index (χ1v) is 9.39. The van der Waals surface area contributed by atoms with Gasteiger partial charge in [0.1, 0.15) is 0 Å². The van der Waals surface area contributed by atoms with Crippen molar-refractivity contribution in [2.24, 2.45) is 17.3 Å². The summed E-state index contributed by atoms with van der Waals surface area (Å²) < 4.78 is 5.06. The summed E-state index contributed by atoms with van der Waals surface area (Å²) in [6.07, 6.45) is 5.51. The van der Waals surface area contributed by atoms with E-state index in [9.17, 15) is 14.7 Å². The largest absolute Gasteiger partial charge is 0.504 e. The summed E-state index contributed by atoms with van der Waals surface area (Å²) in [4.78, 5) is 24.8. The summed E-state index contributed by atoms with van der Waals surface area (Å²) in [5.74, 6) is -0.568. The van der Waals surface area contributed by atoms with Crippen LogP contribution in [0.15, 0.2) is 46.5 Å². The van der Waals surface area contributed by atoms with Gasteiger partial charge in [0, 0.05) is 6.08 Å². The Morgan fingerprint density at radius 3 is 2.65 bits per heavy atom. The van der Waals surface area contributed by atoms with Crippen LogP contribution in [0.25, 0.3) is 0 Å². The first-order chi connectivity index (χ1) is 12.2. The molecular weight excluding hydrogens is 328 g/mol. The van der Waals surface area contributed by atoms with Crippen molar-refractivity contribution in [2.75, 3.05) is 7.11 Å². The number of carbonyl (C=O) groups excluding carboxylic acids is 2. The third-order valence-electron chi connectivity index (χ3n) is 6.63. The Bertz CT molecular complexity index is 780. The normalized spacial score (nSPS) is 32.6. The number of Topliss-reactive ketones (excluding diaryl/α,β-unsaturated/α-hetero) is 1. The van der Waals surface area contributed by atoms with Crippen LogP contribution in [0.4, 0.5) is 0 Å². The Hall–Kier alpha value is -2.10. The fourth-order valence-electron chi connectivity index (χ4n) is 5.03. The van der Waals surface area contributed by atoms with E-state index in [0.717, 1.165) is 31.8 Å². The van der Waals surface area contributed by atoms with Gasteiger partial charge >= 0.3 is 0 Å². The summed E-state index contributed by atoms with van der Waals surface area (Å²) in [7, 11) is 1.37. The van der Waals surface area contributed by atoms with Crippen molar-refractivity contribution >= 4 is 11.6 Å². The number of hydrogen-bond donors (Lipinski definition) is 1. The fraction of sp³-hybridized carbons (Fsp3) is 0.545. The van der Waals surface area contributed by atoms with Gasteiger partial charge in [-0.3, -0.25) is 9.59 Å². The van der Waals surface area contributed by atoms with Gasteiger partial charge < -0.3 is 9.84 Å². The Balaban J connectivity index is 2.07. The zero-order valence-corrected chi connectivity index (χ0v) is 16.1. The van der Waals surface area contributed by atoms with Crippen LogP contribution in [0.5, 0.6) is 0 Å². The molecule has 0 aromatic heterocycles. The Kier molecular flexibility index (Phi) is 4.72. The van der Waals surface area contributed by atoms with Gasteiger partial charge in [-0.15, -0.1) is 0 Å². The Labute approximate surface area is 155 Å². The maximum absolute atomic E-state index is 12.7. The molecule has 4 nitrogen and oxygen atoms in total. The molecule has 0 saturated heterocycles. The van der Waals surface area contributed by atoms with E-state index in [1.807, 2.05) is 0 Å². The lowest BCUT2D eigenvalue weighted by Gasteiger charge is -2.48. The molecule has 3 atom stereocenters. The van der Waals surface area contributed by atoms with E-state index in [2.05, 4.69) is 27.4 Å². The summed E-state index contributed by atoms with van der Waals surface area (Å²) in [6.45, 7) is 10.9. The second-order valence-electron chi connectivity index (χ2n) is 8.21. The van der Waals surface area contributed by atoms with Crippen LogP contribution in [-0.2, 0) is 14.3 Å². The minimum Gasteiger partial charge on any atom is -0.504 e. The highest BCUT2D eigenvalue weighted by atomic mass is 16.5. The van der Waals surface area contributed by atoms with E-state index in [1.54, 1.807) is 0 Å².